The highest BCUT2D eigenvalue weighted by molar-refractivity contribution is 9.11. The maximum atomic E-state index is 6.48. The third-order valence-corrected chi connectivity index (χ3v) is 4.99. The normalized spacial score (nSPS) is 12.8. The number of thiophene rings is 1. The molecule has 0 saturated heterocycles. The van der Waals surface area contributed by atoms with Gasteiger partial charge < -0.3 is 5.73 Å². The van der Waals surface area contributed by atoms with Gasteiger partial charge in [-0.2, -0.15) is 0 Å². The Morgan fingerprint density at radius 2 is 1.79 bits per heavy atom. The first-order valence-electron chi connectivity index (χ1n) is 6.16. The van der Waals surface area contributed by atoms with Gasteiger partial charge in [-0.15, -0.1) is 11.3 Å². The van der Waals surface area contributed by atoms with Crippen LogP contribution in [0.3, 0.4) is 0 Å². The Kier molecular flexibility index (Phi) is 3.44. The number of aryl methyl sites for hydroxylation is 1. The van der Waals surface area contributed by atoms with Gasteiger partial charge in [-0.3, -0.25) is 0 Å². The molecule has 0 spiro atoms. The summed E-state index contributed by atoms with van der Waals surface area (Å²) in [7, 11) is 0. The predicted molar refractivity (Wildman–Crippen MR) is 86.7 cm³/mol. The molecule has 1 atom stereocenters. The fraction of sp³-hybridized carbons (Fsp3) is 0.125. The number of benzene rings is 2. The molecule has 3 rings (SSSR count). The average Bonchev–Trinajstić information content (AvgIpc) is 2.76. The number of rotatable bonds is 2. The van der Waals surface area contributed by atoms with E-state index in [1.165, 1.54) is 26.8 Å². The van der Waals surface area contributed by atoms with Crippen molar-refractivity contribution in [3.05, 3.63) is 68.3 Å². The quantitative estimate of drug-likeness (QED) is 0.700. The van der Waals surface area contributed by atoms with E-state index in [4.69, 9.17) is 5.73 Å². The van der Waals surface area contributed by atoms with Crippen LogP contribution in [0.5, 0.6) is 0 Å². The van der Waals surface area contributed by atoms with Crippen LogP contribution in [0.1, 0.15) is 22.0 Å². The van der Waals surface area contributed by atoms with E-state index in [0.29, 0.717) is 0 Å². The molecule has 2 aromatic carbocycles. The van der Waals surface area contributed by atoms with Crippen LogP contribution in [0.4, 0.5) is 0 Å². The summed E-state index contributed by atoms with van der Waals surface area (Å²) in [5.74, 6) is 0. The number of hydrogen-bond donors (Lipinski definition) is 1. The number of hydrogen-bond acceptors (Lipinski definition) is 2. The first-order valence-corrected chi connectivity index (χ1v) is 7.77. The van der Waals surface area contributed by atoms with Gasteiger partial charge in [-0.25, -0.2) is 0 Å². The van der Waals surface area contributed by atoms with Crippen molar-refractivity contribution in [1.29, 1.82) is 0 Å². The van der Waals surface area contributed by atoms with Gasteiger partial charge in [-0.05, 0) is 50.8 Å². The molecule has 0 radical (unpaired) electrons. The molecule has 3 heteroatoms. The monoisotopic (exact) mass is 331 g/mol. The Labute approximate surface area is 125 Å². The fourth-order valence-corrected chi connectivity index (χ4v) is 4.21. The summed E-state index contributed by atoms with van der Waals surface area (Å²) in [5, 5.41) is 2.47. The molecule has 0 aliphatic heterocycles. The van der Waals surface area contributed by atoms with Gasteiger partial charge in [0.15, 0.2) is 0 Å². The summed E-state index contributed by atoms with van der Waals surface area (Å²) in [5.41, 5.74) is 8.87. The van der Waals surface area contributed by atoms with E-state index in [1.54, 1.807) is 11.3 Å². The minimum Gasteiger partial charge on any atom is -0.320 e. The molecular weight excluding hydrogens is 318 g/mol. The van der Waals surface area contributed by atoms with E-state index in [1.807, 2.05) is 0 Å². The second-order valence-electron chi connectivity index (χ2n) is 4.61. The van der Waals surface area contributed by atoms with Gasteiger partial charge in [0.25, 0.3) is 0 Å². The van der Waals surface area contributed by atoms with Crippen LogP contribution in [0.15, 0.2) is 52.3 Å². The van der Waals surface area contributed by atoms with Crippen molar-refractivity contribution < 1.29 is 0 Å². The maximum Gasteiger partial charge on any atom is 0.0704 e. The summed E-state index contributed by atoms with van der Waals surface area (Å²) in [6.45, 7) is 2.12. The summed E-state index contributed by atoms with van der Waals surface area (Å²) in [6.07, 6.45) is 0. The molecule has 0 fully saturated rings. The van der Waals surface area contributed by atoms with E-state index in [9.17, 15) is 0 Å². The van der Waals surface area contributed by atoms with Crippen molar-refractivity contribution in [2.45, 2.75) is 13.0 Å². The van der Waals surface area contributed by atoms with Crippen LogP contribution < -0.4 is 5.73 Å². The van der Waals surface area contributed by atoms with Crippen molar-refractivity contribution in [2.75, 3.05) is 0 Å². The Morgan fingerprint density at radius 1 is 1.05 bits per heavy atom. The molecule has 1 aromatic heterocycles. The van der Waals surface area contributed by atoms with Crippen molar-refractivity contribution in [3.8, 4) is 0 Å². The standard InChI is InChI=1S/C16H14BrNS/c1-10-14(9-15(17)19-10)16(18)13-8-4-6-11-5-2-3-7-12(11)13/h2-9,16H,18H2,1H3. The zero-order valence-electron chi connectivity index (χ0n) is 10.6. The fourth-order valence-electron chi connectivity index (χ4n) is 2.46. The zero-order chi connectivity index (χ0) is 13.4. The van der Waals surface area contributed by atoms with Gasteiger partial charge in [-0.1, -0.05) is 42.5 Å². The molecule has 19 heavy (non-hydrogen) atoms. The SMILES string of the molecule is Cc1sc(Br)cc1C(N)c1cccc2ccccc12. The first-order chi connectivity index (χ1) is 9.16. The molecule has 3 aromatic rings. The Morgan fingerprint density at radius 3 is 2.53 bits per heavy atom. The summed E-state index contributed by atoms with van der Waals surface area (Å²) in [4.78, 5) is 1.27. The lowest BCUT2D eigenvalue weighted by atomic mass is 9.95. The van der Waals surface area contributed by atoms with E-state index in [-0.39, 0.29) is 6.04 Å². The summed E-state index contributed by atoms with van der Waals surface area (Å²) in [6, 6.07) is 16.8. The highest BCUT2D eigenvalue weighted by atomic mass is 79.9. The highest BCUT2D eigenvalue weighted by Crippen LogP contribution is 2.34. The van der Waals surface area contributed by atoms with Crippen LogP contribution in [0.25, 0.3) is 10.8 Å². The van der Waals surface area contributed by atoms with Gasteiger partial charge in [0.1, 0.15) is 0 Å². The molecule has 0 amide bonds. The molecule has 0 aliphatic carbocycles. The Bertz CT molecular complexity index is 727. The zero-order valence-corrected chi connectivity index (χ0v) is 13.0. The number of nitrogens with two attached hydrogens (primary N) is 1. The number of halogens is 1. The average molecular weight is 332 g/mol. The van der Waals surface area contributed by atoms with Crippen LogP contribution in [-0.4, -0.2) is 0 Å². The summed E-state index contributed by atoms with van der Waals surface area (Å²) < 4.78 is 1.13. The lowest BCUT2D eigenvalue weighted by molar-refractivity contribution is 0.878. The topological polar surface area (TPSA) is 26.0 Å². The van der Waals surface area contributed by atoms with Gasteiger partial charge in [0.05, 0.1) is 9.83 Å². The Balaban J connectivity index is 2.16. The van der Waals surface area contributed by atoms with Crippen molar-refractivity contribution in [1.82, 2.24) is 0 Å². The van der Waals surface area contributed by atoms with Gasteiger partial charge in [0.2, 0.25) is 0 Å². The van der Waals surface area contributed by atoms with Crippen molar-refractivity contribution >= 4 is 38.0 Å². The highest BCUT2D eigenvalue weighted by Gasteiger charge is 2.16. The molecule has 2 N–H and O–H groups in total. The lowest BCUT2D eigenvalue weighted by Crippen LogP contribution is -2.12. The van der Waals surface area contributed by atoms with E-state index in [2.05, 4.69) is 71.4 Å². The third kappa shape index (κ3) is 2.34. The largest absolute Gasteiger partial charge is 0.320 e. The van der Waals surface area contributed by atoms with E-state index < -0.39 is 0 Å². The first kappa shape index (κ1) is 12.9. The summed E-state index contributed by atoms with van der Waals surface area (Å²) >= 11 is 5.27. The molecule has 96 valence electrons. The Hall–Kier alpha value is -1.16. The number of fused-ring (bicyclic) bond motifs is 1. The second-order valence-corrected chi connectivity index (χ2v) is 7.24. The molecule has 1 heterocycles. The van der Waals surface area contributed by atoms with Crippen LogP contribution in [0, 0.1) is 6.92 Å². The smallest absolute Gasteiger partial charge is 0.0704 e. The van der Waals surface area contributed by atoms with E-state index >= 15 is 0 Å². The maximum absolute atomic E-state index is 6.48. The molecule has 1 nitrogen and oxygen atoms in total. The molecular formula is C16H14BrNS. The van der Waals surface area contributed by atoms with E-state index in [0.717, 1.165) is 3.79 Å². The van der Waals surface area contributed by atoms with Crippen LogP contribution >= 0.6 is 27.3 Å². The van der Waals surface area contributed by atoms with Crippen LogP contribution in [-0.2, 0) is 0 Å². The second kappa shape index (κ2) is 5.08. The molecule has 0 bridgehead atoms. The van der Waals surface area contributed by atoms with Gasteiger partial charge >= 0.3 is 0 Å². The minimum absolute atomic E-state index is 0.0753. The predicted octanol–water partition coefficient (Wildman–Crippen LogP) is 5.02. The minimum atomic E-state index is -0.0753. The lowest BCUT2D eigenvalue weighted by Gasteiger charge is -2.14. The van der Waals surface area contributed by atoms with Crippen LogP contribution in [0.2, 0.25) is 0 Å². The van der Waals surface area contributed by atoms with Crippen molar-refractivity contribution in [3.63, 3.8) is 0 Å². The molecule has 1 unspecified atom stereocenters. The molecule has 0 saturated carbocycles. The van der Waals surface area contributed by atoms with Gasteiger partial charge in [0, 0.05) is 4.88 Å². The molecule has 0 aliphatic rings. The third-order valence-electron chi connectivity index (χ3n) is 3.42. The van der Waals surface area contributed by atoms with Crippen molar-refractivity contribution in [2.24, 2.45) is 5.73 Å².